The van der Waals surface area contributed by atoms with Crippen molar-refractivity contribution in [3.63, 3.8) is 0 Å². The molecule has 18 heavy (non-hydrogen) atoms. The molecule has 4 nitrogen and oxygen atoms in total. The first-order valence-corrected chi connectivity index (χ1v) is 5.98. The minimum absolute atomic E-state index is 0.0152. The summed E-state index contributed by atoms with van der Waals surface area (Å²) in [5.74, 6) is -1.60. The number of hydrogen-bond acceptors (Lipinski definition) is 4. The van der Waals surface area contributed by atoms with E-state index in [0.29, 0.717) is 0 Å². The third kappa shape index (κ3) is 3.10. The van der Waals surface area contributed by atoms with Gasteiger partial charge in [0.05, 0.1) is 10.6 Å². The van der Waals surface area contributed by atoms with Crippen molar-refractivity contribution in [3.05, 3.63) is 34.1 Å². The molecule has 0 radical (unpaired) electrons. The van der Waals surface area contributed by atoms with Gasteiger partial charge in [-0.2, -0.15) is 13.2 Å². The van der Waals surface area contributed by atoms with Crippen LogP contribution in [0.4, 0.5) is 17.6 Å². The van der Waals surface area contributed by atoms with Crippen LogP contribution in [0.5, 0.6) is 0 Å². The van der Waals surface area contributed by atoms with E-state index in [1.54, 1.807) is 0 Å². The molecule has 0 bridgehead atoms. The van der Waals surface area contributed by atoms with E-state index in [1.165, 1.54) is 0 Å². The van der Waals surface area contributed by atoms with E-state index in [1.807, 2.05) is 0 Å². The minimum atomic E-state index is -5.42. The predicted octanol–water partition coefficient (Wildman–Crippen LogP) is 2.03. The zero-order valence-electron chi connectivity index (χ0n) is 8.20. The summed E-state index contributed by atoms with van der Waals surface area (Å²) in [6, 6.07) is 0.228. The highest BCUT2D eigenvalue weighted by Crippen LogP contribution is 2.35. The number of aliphatic hydroxyl groups excluding tert-OH is 1. The Labute approximate surface area is 104 Å². The average molecular weight is 308 g/mol. The van der Waals surface area contributed by atoms with E-state index in [2.05, 4.69) is 0 Å². The Balaban J connectivity index is 3.50. The summed E-state index contributed by atoms with van der Waals surface area (Å²) in [6.07, 6.45) is -4.93. The van der Waals surface area contributed by atoms with Gasteiger partial charge in [0.2, 0.25) is 0 Å². The lowest BCUT2D eigenvalue weighted by molar-refractivity contribution is -0.137. The van der Waals surface area contributed by atoms with Crippen LogP contribution in [0.1, 0.15) is 16.6 Å². The molecule has 0 saturated heterocycles. The van der Waals surface area contributed by atoms with E-state index in [4.69, 9.17) is 16.7 Å². The van der Waals surface area contributed by atoms with Crippen LogP contribution in [0.2, 0.25) is 5.02 Å². The standard InChI is InChI=1S/C8H5ClF4O4S/c9-5-2-3(8(11,12)13)1-4(6(5)10)7(14)18(15,16)17/h1-2,7,14H,(H,15,16,17)/p-1. The number of halogens is 5. The maximum atomic E-state index is 13.3. The molecule has 1 atom stereocenters. The Morgan fingerprint density at radius 1 is 1.33 bits per heavy atom. The minimum Gasteiger partial charge on any atom is -0.746 e. The van der Waals surface area contributed by atoms with Crippen LogP contribution in [0.3, 0.4) is 0 Å². The molecule has 0 heterocycles. The highest BCUT2D eigenvalue weighted by Gasteiger charge is 2.34. The van der Waals surface area contributed by atoms with Crippen molar-refractivity contribution >= 4 is 21.7 Å². The maximum Gasteiger partial charge on any atom is 0.416 e. The average Bonchev–Trinajstić information content (AvgIpc) is 2.17. The van der Waals surface area contributed by atoms with Crippen LogP contribution in [-0.4, -0.2) is 18.1 Å². The van der Waals surface area contributed by atoms with Crippen LogP contribution in [0.15, 0.2) is 12.1 Å². The molecule has 1 N–H and O–H groups in total. The van der Waals surface area contributed by atoms with Crippen LogP contribution >= 0.6 is 11.6 Å². The lowest BCUT2D eigenvalue weighted by atomic mass is 10.1. The largest absolute Gasteiger partial charge is 0.746 e. The molecule has 10 heteroatoms. The molecule has 0 fully saturated rings. The number of benzene rings is 1. The lowest BCUT2D eigenvalue weighted by Crippen LogP contribution is -2.15. The van der Waals surface area contributed by atoms with Crippen molar-refractivity contribution in [2.24, 2.45) is 0 Å². The van der Waals surface area contributed by atoms with Crippen LogP contribution < -0.4 is 0 Å². The van der Waals surface area contributed by atoms with Crippen molar-refractivity contribution in [2.75, 3.05) is 0 Å². The van der Waals surface area contributed by atoms with Gasteiger partial charge in [-0.15, -0.1) is 0 Å². The molecule has 0 aliphatic heterocycles. The summed E-state index contributed by atoms with van der Waals surface area (Å²) >= 11 is 5.14. The number of aliphatic hydroxyl groups is 1. The molecule has 0 aliphatic carbocycles. The fourth-order valence-electron chi connectivity index (χ4n) is 1.11. The molecular weight excluding hydrogens is 304 g/mol. The van der Waals surface area contributed by atoms with Crippen molar-refractivity contribution in [3.8, 4) is 0 Å². The molecule has 1 unspecified atom stereocenters. The number of rotatable bonds is 2. The second-order valence-corrected chi connectivity index (χ2v) is 5.04. The molecule has 0 aliphatic rings. The first-order valence-electron chi connectivity index (χ1n) is 4.13. The topological polar surface area (TPSA) is 77.4 Å². The summed E-state index contributed by atoms with van der Waals surface area (Å²) in [5, 5.41) is 7.93. The van der Waals surface area contributed by atoms with Gasteiger partial charge in [0, 0.05) is 5.56 Å². The second kappa shape index (κ2) is 4.65. The van der Waals surface area contributed by atoms with Crippen molar-refractivity contribution in [1.29, 1.82) is 0 Å². The molecule has 1 rings (SSSR count). The van der Waals surface area contributed by atoms with Gasteiger partial charge in [-0.1, -0.05) is 11.6 Å². The molecule has 0 amide bonds. The summed E-state index contributed by atoms with van der Waals surface area (Å²) in [6.45, 7) is 0. The van der Waals surface area contributed by atoms with Crippen molar-refractivity contribution in [2.45, 2.75) is 11.6 Å². The predicted molar refractivity (Wildman–Crippen MR) is 51.1 cm³/mol. The molecule has 102 valence electrons. The molecular formula is C8H4ClF4O4S-. The summed E-state index contributed by atoms with van der Waals surface area (Å²) in [7, 11) is -5.42. The molecule has 1 aromatic carbocycles. The van der Waals surface area contributed by atoms with Crippen LogP contribution in [0, 0.1) is 5.82 Å². The summed E-state index contributed by atoms with van der Waals surface area (Å²) in [4.78, 5) is 0. The SMILES string of the molecule is O=S(=O)([O-])C(O)c1cc(C(F)(F)F)cc(Cl)c1F. The summed E-state index contributed by atoms with van der Waals surface area (Å²) in [5.41, 5.74) is -5.78. The Bertz CT molecular complexity index is 569. The molecule has 1 aromatic rings. The van der Waals surface area contributed by atoms with Gasteiger partial charge in [0.1, 0.15) is 15.9 Å². The Hall–Kier alpha value is -0.900. The first-order chi connectivity index (χ1) is 7.94. The summed E-state index contributed by atoms with van der Waals surface area (Å²) < 4.78 is 81.7. The van der Waals surface area contributed by atoms with Gasteiger partial charge in [-0.05, 0) is 12.1 Å². The Morgan fingerprint density at radius 3 is 2.22 bits per heavy atom. The zero-order valence-corrected chi connectivity index (χ0v) is 9.77. The normalized spacial score (nSPS) is 14.6. The van der Waals surface area contributed by atoms with E-state index in [9.17, 15) is 30.5 Å². The van der Waals surface area contributed by atoms with Gasteiger partial charge >= 0.3 is 6.18 Å². The second-order valence-electron chi connectivity index (χ2n) is 3.20. The Morgan fingerprint density at radius 2 is 1.83 bits per heavy atom. The number of alkyl halides is 3. The zero-order chi connectivity index (χ0) is 14.3. The highest BCUT2D eigenvalue weighted by molar-refractivity contribution is 7.85. The quantitative estimate of drug-likeness (QED) is 0.670. The van der Waals surface area contributed by atoms with Crippen molar-refractivity contribution < 1.29 is 35.6 Å². The van der Waals surface area contributed by atoms with Crippen LogP contribution in [-0.2, 0) is 16.3 Å². The van der Waals surface area contributed by atoms with Gasteiger partial charge in [-0.25, -0.2) is 12.8 Å². The van der Waals surface area contributed by atoms with E-state index in [0.717, 1.165) is 0 Å². The Kier molecular flexibility index (Phi) is 3.92. The fourth-order valence-corrected chi connectivity index (χ4v) is 1.82. The van der Waals surface area contributed by atoms with Gasteiger partial charge < -0.3 is 9.66 Å². The van der Waals surface area contributed by atoms with E-state index >= 15 is 0 Å². The monoisotopic (exact) mass is 307 g/mol. The van der Waals surface area contributed by atoms with E-state index in [-0.39, 0.29) is 12.1 Å². The molecule has 0 spiro atoms. The van der Waals surface area contributed by atoms with Crippen molar-refractivity contribution in [1.82, 2.24) is 0 Å². The maximum absolute atomic E-state index is 13.3. The lowest BCUT2D eigenvalue weighted by Gasteiger charge is -2.18. The van der Waals surface area contributed by atoms with E-state index < -0.39 is 43.7 Å². The van der Waals surface area contributed by atoms with Gasteiger partial charge in [0.25, 0.3) is 0 Å². The third-order valence-electron chi connectivity index (χ3n) is 1.92. The number of hydrogen-bond donors (Lipinski definition) is 1. The third-order valence-corrected chi connectivity index (χ3v) is 3.00. The first kappa shape index (κ1) is 15.2. The fraction of sp³-hybridized carbons (Fsp3) is 0.250. The van der Waals surface area contributed by atoms with Gasteiger partial charge in [0.15, 0.2) is 5.44 Å². The molecule has 0 aromatic heterocycles. The van der Waals surface area contributed by atoms with Crippen LogP contribution in [0.25, 0.3) is 0 Å². The smallest absolute Gasteiger partial charge is 0.416 e. The van der Waals surface area contributed by atoms with Gasteiger partial charge in [-0.3, -0.25) is 0 Å². The highest BCUT2D eigenvalue weighted by atomic mass is 35.5. The molecule has 0 saturated carbocycles.